The molecule has 3 aromatic carbocycles. The molecular formula is C24H21FN2O3S. The van der Waals surface area contributed by atoms with Crippen molar-refractivity contribution < 1.29 is 17.2 Å². The number of aromatic nitrogens is 1. The number of rotatable bonds is 7. The molecule has 4 rings (SSSR count). The van der Waals surface area contributed by atoms with Gasteiger partial charge < -0.3 is 9.73 Å². The standard InChI is InChI=1S/C24H21FN2O3S/c1-17-6-5-9-19(16-17)22-27-24(31(28,29)21-12-10-20(25)11-13-21)23(30-22)26-15-14-18-7-3-2-4-8-18/h2-13,16,26H,14-15H2,1H3. The van der Waals surface area contributed by atoms with E-state index >= 15 is 0 Å². The van der Waals surface area contributed by atoms with E-state index in [0.717, 1.165) is 23.3 Å². The number of nitrogens with zero attached hydrogens (tertiary/aromatic N) is 1. The molecule has 0 atom stereocenters. The molecule has 0 aliphatic rings. The highest BCUT2D eigenvalue weighted by molar-refractivity contribution is 7.91. The highest BCUT2D eigenvalue weighted by Gasteiger charge is 2.28. The van der Waals surface area contributed by atoms with E-state index in [2.05, 4.69) is 10.3 Å². The second kappa shape index (κ2) is 8.73. The van der Waals surface area contributed by atoms with Gasteiger partial charge in [0.25, 0.3) is 0 Å². The highest BCUT2D eigenvalue weighted by Crippen LogP contribution is 2.32. The van der Waals surface area contributed by atoms with Gasteiger partial charge in [-0.1, -0.05) is 48.0 Å². The molecular weight excluding hydrogens is 415 g/mol. The second-order valence-electron chi connectivity index (χ2n) is 7.14. The Labute approximate surface area is 180 Å². The number of sulfone groups is 1. The Morgan fingerprint density at radius 2 is 1.71 bits per heavy atom. The summed E-state index contributed by atoms with van der Waals surface area (Å²) in [5.41, 5.74) is 2.78. The normalized spacial score (nSPS) is 11.4. The molecule has 0 saturated heterocycles. The van der Waals surface area contributed by atoms with Gasteiger partial charge in [-0.05, 0) is 55.3 Å². The van der Waals surface area contributed by atoms with Gasteiger partial charge in [0.2, 0.25) is 26.6 Å². The van der Waals surface area contributed by atoms with Crippen LogP contribution < -0.4 is 5.32 Å². The molecule has 31 heavy (non-hydrogen) atoms. The molecule has 4 aromatic rings. The Balaban J connectivity index is 1.70. The lowest BCUT2D eigenvalue weighted by molar-refractivity contribution is 0.576. The summed E-state index contributed by atoms with van der Waals surface area (Å²) in [6, 6.07) is 21.9. The molecule has 0 aliphatic heterocycles. The number of oxazole rings is 1. The van der Waals surface area contributed by atoms with Crippen LogP contribution in [-0.2, 0) is 16.3 Å². The summed E-state index contributed by atoms with van der Waals surface area (Å²) in [6.07, 6.45) is 0.678. The number of aryl methyl sites for hydroxylation is 1. The lowest BCUT2D eigenvalue weighted by Crippen LogP contribution is -2.09. The molecule has 0 radical (unpaired) electrons. The molecule has 0 fully saturated rings. The van der Waals surface area contributed by atoms with Crippen LogP contribution in [0.4, 0.5) is 10.3 Å². The molecule has 1 N–H and O–H groups in total. The largest absolute Gasteiger partial charge is 0.419 e. The van der Waals surface area contributed by atoms with Crippen molar-refractivity contribution in [1.29, 1.82) is 0 Å². The predicted molar refractivity (Wildman–Crippen MR) is 117 cm³/mol. The number of hydrogen-bond acceptors (Lipinski definition) is 5. The van der Waals surface area contributed by atoms with E-state index < -0.39 is 15.7 Å². The zero-order valence-electron chi connectivity index (χ0n) is 16.9. The minimum Gasteiger partial charge on any atom is -0.419 e. The van der Waals surface area contributed by atoms with E-state index in [9.17, 15) is 12.8 Å². The molecule has 158 valence electrons. The maximum absolute atomic E-state index is 13.3. The van der Waals surface area contributed by atoms with Crippen molar-refractivity contribution in [2.75, 3.05) is 11.9 Å². The average molecular weight is 437 g/mol. The molecule has 5 nitrogen and oxygen atoms in total. The molecule has 1 aromatic heterocycles. The monoisotopic (exact) mass is 436 g/mol. The summed E-state index contributed by atoms with van der Waals surface area (Å²) in [6.45, 7) is 2.39. The summed E-state index contributed by atoms with van der Waals surface area (Å²) < 4.78 is 45.6. The first-order chi connectivity index (χ1) is 14.9. The zero-order chi connectivity index (χ0) is 21.8. The molecule has 0 saturated carbocycles. The van der Waals surface area contributed by atoms with Crippen LogP contribution in [0, 0.1) is 12.7 Å². The molecule has 1 heterocycles. The van der Waals surface area contributed by atoms with Crippen LogP contribution in [0.1, 0.15) is 11.1 Å². The van der Waals surface area contributed by atoms with E-state index in [0.29, 0.717) is 18.5 Å². The Bertz CT molecular complexity index is 1280. The van der Waals surface area contributed by atoms with Crippen LogP contribution >= 0.6 is 0 Å². The first-order valence-corrected chi connectivity index (χ1v) is 11.3. The lowest BCUT2D eigenvalue weighted by Gasteiger charge is -2.06. The van der Waals surface area contributed by atoms with Gasteiger partial charge in [-0.15, -0.1) is 0 Å². The first-order valence-electron chi connectivity index (χ1n) is 9.80. The summed E-state index contributed by atoms with van der Waals surface area (Å²) >= 11 is 0. The van der Waals surface area contributed by atoms with E-state index in [1.54, 1.807) is 6.07 Å². The van der Waals surface area contributed by atoms with Crippen molar-refractivity contribution >= 4 is 15.7 Å². The van der Waals surface area contributed by atoms with E-state index in [-0.39, 0.29) is 21.7 Å². The molecule has 7 heteroatoms. The predicted octanol–water partition coefficient (Wildman–Crippen LogP) is 5.28. The molecule has 0 bridgehead atoms. The van der Waals surface area contributed by atoms with Crippen LogP contribution in [0.25, 0.3) is 11.5 Å². The first kappa shape index (κ1) is 20.8. The van der Waals surface area contributed by atoms with Crippen molar-refractivity contribution in [3.63, 3.8) is 0 Å². The van der Waals surface area contributed by atoms with Crippen molar-refractivity contribution in [1.82, 2.24) is 4.98 Å². The number of benzene rings is 3. The average Bonchev–Trinajstić information content (AvgIpc) is 3.20. The van der Waals surface area contributed by atoms with Crippen LogP contribution in [0.5, 0.6) is 0 Å². The molecule has 0 aliphatic carbocycles. The fourth-order valence-electron chi connectivity index (χ4n) is 3.19. The topological polar surface area (TPSA) is 72.2 Å². The Kier molecular flexibility index (Phi) is 5.86. The van der Waals surface area contributed by atoms with E-state index in [4.69, 9.17) is 4.42 Å². The minimum atomic E-state index is -4.01. The maximum atomic E-state index is 13.3. The van der Waals surface area contributed by atoms with Gasteiger partial charge in [-0.25, -0.2) is 12.8 Å². The summed E-state index contributed by atoms with van der Waals surface area (Å²) in [7, 11) is -4.01. The van der Waals surface area contributed by atoms with Gasteiger partial charge in [0.15, 0.2) is 0 Å². The minimum absolute atomic E-state index is 0.0518. The number of nitrogens with one attached hydrogen (secondary N) is 1. The zero-order valence-corrected chi connectivity index (χ0v) is 17.7. The van der Waals surface area contributed by atoms with Crippen LogP contribution in [0.15, 0.2) is 93.2 Å². The summed E-state index contributed by atoms with van der Waals surface area (Å²) in [5, 5.41) is 2.85. The fraction of sp³-hybridized carbons (Fsp3) is 0.125. The lowest BCUT2D eigenvalue weighted by atomic mass is 10.1. The van der Waals surface area contributed by atoms with Crippen molar-refractivity contribution in [2.45, 2.75) is 23.3 Å². The van der Waals surface area contributed by atoms with Gasteiger partial charge >= 0.3 is 0 Å². The molecule has 0 unspecified atom stereocenters. The van der Waals surface area contributed by atoms with Crippen LogP contribution in [0.2, 0.25) is 0 Å². The smallest absolute Gasteiger partial charge is 0.233 e. The van der Waals surface area contributed by atoms with Crippen molar-refractivity contribution in [3.8, 4) is 11.5 Å². The Morgan fingerprint density at radius 3 is 2.42 bits per heavy atom. The van der Waals surface area contributed by atoms with E-state index in [1.165, 1.54) is 12.1 Å². The van der Waals surface area contributed by atoms with Gasteiger partial charge in [0, 0.05) is 12.1 Å². The summed E-state index contributed by atoms with van der Waals surface area (Å²) in [4.78, 5) is 4.26. The fourth-order valence-corrected chi connectivity index (χ4v) is 4.47. The van der Waals surface area contributed by atoms with Crippen LogP contribution in [-0.4, -0.2) is 19.9 Å². The van der Waals surface area contributed by atoms with Crippen molar-refractivity contribution in [3.05, 3.63) is 95.8 Å². The third-order valence-electron chi connectivity index (χ3n) is 4.78. The van der Waals surface area contributed by atoms with Gasteiger partial charge in [0.1, 0.15) is 5.82 Å². The Morgan fingerprint density at radius 1 is 0.968 bits per heavy atom. The van der Waals surface area contributed by atoms with Crippen molar-refractivity contribution in [2.24, 2.45) is 0 Å². The number of hydrogen-bond donors (Lipinski definition) is 1. The third kappa shape index (κ3) is 4.67. The number of anilines is 1. The van der Waals surface area contributed by atoms with E-state index in [1.807, 2.05) is 55.5 Å². The Hall–Kier alpha value is -3.45. The number of halogens is 1. The van der Waals surface area contributed by atoms with Gasteiger partial charge in [-0.2, -0.15) is 4.98 Å². The SMILES string of the molecule is Cc1cccc(-c2nc(S(=O)(=O)c3ccc(F)cc3)c(NCCc3ccccc3)o2)c1. The quantitative estimate of drug-likeness (QED) is 0.399. The van der Waals surface area contributed by atoms with Gasteiger partial charge in [-0.3, -0.25) is 0 Å². The van der Waals surface area contributed by atoms with Gasteiger partial charge in [0.05, 0.1) is 4.90 Å². The molecule has 0 amide bonds. The maximum Gasteiger partial charge on any atom is 0.233 e. The highest BCUT2D eigenvalue weighted by atomic mass is 32.2. The second-order valence-corrected chi connectivity index (χ2v) is 9.01. The molecule has 0 spiro atoms. The van der Waals surface area contributed by atoms with Crippen LogP contribution in [0.3, 0.4) is 0 Å². The summed E-state index contributed by atoms with van der Waals surface area (Å²) in [5.74, 6) is -0.246. The third-order valence-corrected chi connectivity index (χ3v) is 6.46.